The summed E-state index contributed by atoms with van der Waals surface area (Å²) in [6.45, 7) is 1.88. The minimum absolute atomic E-state index is 0.582. The molecule has 2 heterocycles. The second-order valence-electron chi connectivity index (χ2n) is 9.65. The first kappa shape index (κ1) is 19.4. The molecule has 1 N–H and O–H groups in total. The molecule has 3 nitrogen and oxygen atoms in total. The zero-order chi connectivity index (χ0) is 20.8. The van der Waals surface area contributed by atoms with Gasteiger partial charge in [-0.25, -0.2) is 0 Å². The Kier molecular flexibility index (Phi) is 4.98. The number of para-hydroxylation sites is 1. The lowest BCUT2D eigenvalue weighted by Crippen LogP contribution is -2.43. The molecule has 1 fully saturated rings. The predicted octanol–water partition coefficient (Wildman–Crippen LogP) is 6.78. The SMILES string of the molecule is S=C(Nc1ccccc1)N1CC2CCCc3c2n(c2ccc(C4CCCCC4)cc32)C1. The summed E-state index contributed by atoms with van der Waals surface area (Å²) in [6, 6.07) is 17.7. The number of rotatable bonds is 2. The fourth-order valence-electron chi connectivity index (χ4n) is 6.24. The third-order valence-corrected chi connectivity index (χ3v) is 8.10. The van der Waals surface area contributed by atoms with Gasteiger partial charge in [-0.15, -0.1) is 0 Å². The van der Waals surface area contributed by atoms with E-state index in [-0.39, 0.29) is 0 Å². The van der Waals surface area contributed by atoms with Crippen molar-refractivity contribution in [3.05, 3.63) is 65.4 Å². The van der Waals surface area contributed by atoms with Crippen LogP contribution in [0.3, 0.4) is 0 Å². The maximum atomic E-state index is 5.84. The molecule has 4 heteroatoms. The molecule has 1 atom stereocenters. The maximum Gasteiger partial charge on any atom is 0.174 e. The summed E-state index contributed by atoms with van der Waals surface area (Å²) >= 11 is 5.84. The van der Waals surface area contributed by atoms with Gasteiger partial charge in [0.25, 0.3) is 0 Å². The zero-order valence-electron chi connectivity index (χ0n) is 18.1. The van der Waals surface area contributed by atoms with E-state index in [9.17, 15) is 0 Å². The number of hydrogen-bond donors (Lipinski definition) is 1. The molecule has 2 aliphatic carbocycles. The van der Waals surface area contributed by atoms with Crippen LogP contribution in [0.4, 0.5) is 5.69 Å². The van der Waals surface area contributed by atoms with Crippen LogP contribution in [0.2, 0.25) is 0 Å². The number of aryl methyl sites for hydroxylation is 1. The first-order valence-corrected chi connectivity index (χ1v) is 12.4. The van der Waals surface area contributed by atoms with Crippen LogP contribution >= 0.6 is 12.2 Å². The topological polar surface area (TPSA) is 20.2 Å². The fourth-order valence-corrected chi connectivity index (χ4v) is 6.49. The Morgan fingerprint density at radius 3 is 2.55 bits per heavy atom. The first-order chi connectivity index (χ1) is 15.3. The van der Waals surface area contributed by atoms with E-state index in [1.807, 2.05) is 6.07 Å². The van der Waals surface area contributed by atoms with Gasteiger partial charge >= 0.3 is 0 Å². The number of nitrogens with zero attached hydrogens (tertiary/aromatic N) is 2. The highest BCUT2D eigenvalue weighted by Crippen LogP contribution is 2.43. The Morgan fingerprint density at radius 2 is 1.71 bits per heavy atom. The van der Waals surface area contributed by atoms with Crippen LogP contribution in [-0.4, -0.2) is 21.1 Å². The van der Waals surface area contributed by atoms with Gasteiger partial charge in [0.2, 0.25) is 0 Å². The maximum absolute atomic E-state index is 5.84. The van der Waals surface area contributed by atoms with Crippen LogP contribution in [0.5, 0.6) is 0 Å². The van der Waals surface area contributed by atoms with E-state index in [1.54, 1.807) is 16.8 Å². The van der Waals surface area contributed by atoms with Gasteiger partial charge in [0.1, 0.15) is 0 Å². The average molecular weight is 430 g/mol. The minimum atomic E-state index is 0.582. The summed E-state index contributed by atoms with van der Waals surface area (Å²) in [7, 11) is 0. The summed E-state index contributed by atoms with van der Waals surface area (Å²) in [4.78, 5) is 2.36. The molecule has 0 radical (unpaired) electrons. The number of nitrogens with one attached hydrogen (secondary N) is 1. The molecule has 31 heavy (non-hydrogen) atoms. The van der Waals surface area contributed by atoms with Gasteiger partial charge in [0.05, 0.1) is 12.2 Å². The number of benzene rings is 2. The highest BCUT2D eigenvalue weighted by molar-refractivity contribution is 7.80. The Morgan fingerprint density at radius 1 is 0.903 bits per heavy atom. The quantitative estimate of drug-likeness (QED) is 0.454. The Labute approximate surface area is 190 Å². The molecule has 6 rings (SSSR count). The monoisotopic (exact) mass is 429 g/mol. The molecule has 0 amide bonds. The second-order valence-corrected chi connectivity index (χ2v) is 10.0. The van der Waals surface area contributed by atoms with Crippen LogP contribution in [0.1, 0.15) is 73.6 Å². The van der Waals surface area contributed by atoms with E-state index >= 15 is 0 Å². The smallest absolute Gasteiger partial charge is 0.174 e. The van der Waals surface area contributed by atoms with Gasteiger partial charge in [-0.1, -0.05) is 43.5 Å². The zero-order valence-corrected chi connectivity index (χ0v) is 19.0. The van der Waals surface area contributed by atoms with Crippen LogP contribution < -0.4 is 5.32 Å². The lowest BCUT2D eigenvalue weighted by atomic mass is 9.82. The lowest BCUT2D eigenvalue weighted by molar-refractivity contribution is 0.263. The summed E-state index contributed by atoms with van der Waals surface area (Å²) in [5, 5.41) is 5.81. The molecule has 2 aromatic carbocycles. The van der Waals surface area contributed by atoms with E-state index in [0.29, 0.717) is 5.92 Å². The molecule has 0 saturated heterocycles. The van der Waals surface area contributed by atoms with Crippen LogP contribution in [0.25, 0.3) is 10.9 Å². The van der Waals surface area contributed by atoms with Crippen molar-refractivity contribution in [2.24, 2.45) is 0 Å². The largest absolute Gasteiger partial charge is 0.333 e. The van der Waals surface area contributed by atoms with E-state index in [0.717, 1.165) is 29.9 Å². The minimum Gasteiger partial charge on any atom is -0.333 e. The summed E-state index contributed by atoms with van der Waals surface area (Å²) in [6.07, 6.45) is 10.7. The average Bonchev–Trinajstić information content (AvgIpc) is 3.15. The summed E-state index contributed by atoms with van der Waals surface area (Å²) in [5.41, 5.74) is 7.28. The lowest BCUT2D eigenvalue weighted by Gasteiger charge is -2.38. The molecule has 1 aromatic heterocycles. The van der Waals surface area contributed by atoms with Crippen molar-refractivity contribution in [3.8, 4) is 0 Å². The highest BCUT2D eigenvalue weighted by Gasteiger charge is 2.34. The normalized spacial score (nSPS) is 21.2. The van der Waals surface area contributed by atoms with Crippen LogP contribution in [0.15, 0.2) is 48.5 Å². The van der Waals surface area contributed by atoms with E-state index in [1.165, 1.54) is 62.3 Å². The van der Waals surface area contributed by atoms with Crippen molar-refractivity contribution in [1.29, 1.82) is 0 Å². The molecule has 0 bridgehead atoms. The molecular formula is C27H31N3S. The van der Waals surface area contributed by atoms with Crippen LogP contribution in [-0.2, 0) is 13.1 Å². The molecule has 3 aliphatic rings. The Balaban J connectivity index is 1.35. The van der Waals surface area contributed by atoms with Crippen molar-refractivity contribution in [1.82, 2.24) is 9.47 Å². The highest BCUT2D eigenvalue weighted by atomic mass is 32.1. The number of aromatic nitrogens is 1. The van der Waals surface area contributed by atoms with Crippen LogP contribution in [0, 0.1) is 0 Å². The number of fused-ring (bicyclic) bond motifs is 3. The summed E-state index contributed by atoms with van der Waals surface area (Å²) < 4.78 is 2.57. The number of hydrogen-bond acceptors (Lipinski definition) is 1. The summed E-state index contributed by atoms with van der Waals surface area (Å²) in [5.74, 6) is 1.35. The van der Waals surface area contributed by atoms with E-state index in [4.69, 9.17) is 12.2 Å². The third kappa shape index (κ3) is 3.45. The first-order valence-electron chi connectivity index (χ1n) is 12.0. The standard InChI is InChI=1S/C27H31N3S/c31-27(28-22-11-5-2-6-12-22)29-17-21-10-7-13-23-24-16-20(19-8-3-1-4-9-19)14-15-25(24)30(18-29)26(21)23/h2,5-6,11-12,14-16,19,21H,1,3-4,7-10,13,17-18H2,(H,28,31). The molecular weight excluding hydrogens is 398 g/mol. The van der Waals surface area contributed by atoms with E-state index in [2.05, 4.69) is 57.2 Å². The molecule has 3 aromatic rings. The van der Waals surface area contributed by atoms with Crippen molar-refractivity contribution >= 4 is 33.9 Å². The molecule has 0 spiro atoms. The predicted molar refractivity (Wildman–Crippen MR) is 133 cm³/mol. The molecule has 1 unspecified atom stereocenters. The van der Waals surface area contributed by atoms with Gasteiger partial charge in [-0.2, -0.15) is 0 Å². The van der Waals surface area contributed by atoms with Gasteiger partial charge in [-0.05, 0) is 85.6 Å². The molecule has 1 saturated carbocycles. The van der Waals surface area contributed by atoms with Gasteiger partial charge in [0, 0.05) is 29.2 Å². The van der Waals surface area contributed by atoms with Crippen molar-refractivity contribution < 1.29 is 0 Å². The van der Waals surface area contributed by atoms with E-state index < -0.39 is 0 Å². The van der Waals surface area contributed by atoms with Gasteiger partial charge in [0.15, 0.2) is 5.11 Å². The molecule has 160 valence electrons. The van der Waals surface area contributed by atoms with Crippen molar-refractivity contribution in [2.75, 3.05) is 11.9 Å². The third-order valence-electron chi connectivity index (χ3n) is 7.74. The Bertz CT molecular complexity index is 1110. The van der Waals surface area contributed by atoms with Crippen molar-refractivity contribution in [3.63, 3.8) is 0 Å². The van der Waals surface area contributed by atoms with Gasteiger partial charge in [-0.3, -0.25) is 0 Å². The second kappa shape index (κ2) is 7.98. The molecule has 1 aliphatic heterocycles. The Hall–Kier alpha value is -2.33. The van der Waals surface area contributed by atoms with Crippen molar-refractivity contribution in [2.45, 2.75) is 69.9 Å². The van der Waals surface area contributed by atoms with Gasteiger partial charge < -0.3 is 14.8 Å². The fraction of sp³-hybridized carbons (Fsp3) is 0.444. The number of anilines is 1. The number of thiocarbonyl (C=S) groups is 1.